The normalized spacial score (nSPS) is 35.2. The Morgan fingerprint density at radius 1 is 1.13 bits per heavy atom. The Labute approximate surface area is 220 Å². The number of alkyl halides is 3. The third-order valence-electron chi connectivity index (χ3n) is 9.93. The van der Waals surface area contributed by atoms with Crippen LogP contribution in [0.3, 0.4) is 0 Å². The molecule has 0 unspecified atom stereocenters. The molecule has 0 bridgehead atoms. The molecule has 4 aliphatic carbocycles. The highest BCUT2D eigenvalue weighted by atomic mass is 32.2. The number of benzene rings is 1. The zero-order chi connectivity index (χ0) is 27.1. The molecule has 1 aliphatic heterocycles. The quantitative estimate of drug-likeness (QED) is 0.244. The van der Waals surface area contributed by atoms with Crippen LogP contribution in [0.25, 0.3) is 0 Å². The van der Waals surface area contributed by atoms with Crippen molar-refractivity contribution in [3.05, 3.63) is 64.8 Å². The molecule has 9 heteroatoms. The third kappa shape index (κ3) is 3.68. The average molecular weight is 549 g/mol. The van der Waals surface area contributed by atoms with Gasteiger partial charge in [0.25, 0.3) is 0 Å². The Hall–Kier alpha value is -2.39. The zero-order valence-corrected chi connectivity index (χ0v) is 22.1. The summed E-state index contributed by atoms with van der Waals surface area (Å²) in [7, 11) is -5.75. The van der Waals surface area contributed by atoms with Gasteiger partial charge in [-0.3, -0.25) is 4.79 Å². The number of hydrogen-bond donors (Lipinski definition) is 0. The van der Waals surface area contributed by atoms with Crippen molar-refractivity contribution in [1.82, 2.24) is 0 Å². The van der Waals surface area contributed by atoms with E-state index < -0.39 is 15.6 Å². The highest BCUT2D eigenvalue weighted by Gasteiger charge is 2.65. The van der Waals surface area contributed by atoms with E-state index in [0.29, 0.717) is 31.8 Å². The van der Waals surface area contributed by atoms with Crippen molar-refractivity contribution in [2.45, 2.75) is 75.3 Å². The van der Waals surface area contributed by atoms with Crippen molar-refractivity contribution in [1.29, 1.82) is 0 Å². The molecule has 1 aromatic carbocycles. The van der Waals surface area contributed by atoms with E-state index in [1.54, 1.807) is 12.1 Å². The predicted molar refractivity (Wildman–Crippen MR) is 135 cm³/mol. The molecule has 1 saturated heterocycles. The van der Waals surface area contributed by atoms with E-state index in [4.69, 9.17) is 4.74 Å². The second-order valence-corrected chi connectivity index (χ2v) is 13.2. The van der Waals surface area contributed by atoms with Crippen molar-refractivity contribution in [2.24, 2.45) is 17.3 Å². The largest absolute Gasteiger partial charge is 0.534 e. The standard InChI is InChI=1S/C29H31F3O5S/c1-17-12-14-36-28(17)13-11-25-23-9-5-19-15-20(33)6-10-22(19)26(23)24(16-27(25,28)2)18-3-7-21(8-4-18)37-38(34,35)29(30,31)32/h3-5,7-8,23-25H,1,6,9-16H2,2H3/t23-,24+,25-,27-,28+/m0/s1. The van der Waals surface area contributed by atoms with E-state index >= 15 is 0 Å². The summed E-state index contributed by atoms with van der Waals surface area (Å²) >= 11 is 0. The van der Waals surface area contributed by atoms with Crippen LogP contribution in [-0.4, -0.2) is 31.9 Å². The van der Waals surface area contributed by atoms with Gasteiger partial charge in [0.1, 0.15) is 11.5 Å². The molecule has 1 aromatic rings. The lowest BCUT2D eigenvalue weighted by Gasteiger charge is -2.55. The number of ketones is 1. The topological polar surface area (TPSA) is 69.7 Å². The zero-order valence-electron chi connectivity index (χ0n) is 21.3. The maximum absolute atomic E-state index is 12.8. The molecule has 0 N–H and O–H groups in total. The summed E-state index contributed by atoms with van der Waals surface area (Å²) < 4.78 is 72.4. The first-order valence-corrected chi connectivity index (χ1v) is 14.6. The molecule has 0 radical (unpaired) electrons. The summed E-state index contributed by atoms with van der Waals surface area (Å²) in [6.07, 6.45) is 8.37. The summed E-state index contributed by atoms with van der Waals surface area (Å²) in [5.41, 5.74) is -0.289. The molecule has 6 rings (SSSR count). The first-order chi connectivity index (χ1) is 17.9. The smallest absolute Gasteiger partial charge is 0.376 e. The van der Waals surface area contributed by atoms with Crippen LogP contribution in [-0.2, 0) is 19.6 Å². The van der Waals surface area contributed by atoms with Crippen molar-refractivity contribution in [3.8, 4) is 5.75 Å². The molecular weight excluding hydrogens is 517 g/mol. The van der Waals surface area contributed by atoms with Gasteiger partial charge in [-0.25, -0.2) is 0 Å². The van der Waals surface area contributed by atoms with Crippen molar-refractivity contribution < 1.29 is 35.3 Å². The van der Waals surface area contributed by atoms with Crippen molar-refractivity contribution in [3.63, 3.8) is 0 Å². The van der Waals surface area contributed by atoms with E-state index in [9.17, 15) is 26.4 Å². The van der Waals surface area contributed by atoms with Gasteiger partial charge in [-0.05, 0) is 84.8 Å². The number of hydrogen-bond acceptors (Lipinski definition) is 5. The molecule has 5 aliphatic rings. The molecular formula is C29H31F3O5S. The van der Waals surface area contributed by atoms with E-state index in [0.717, 1.165) is 48.8 Å². The fraction of sp³-hybridized carbons (Fsp3) is 0.552. The summed E-state index contributed by atoms with van der Waals surface area (Å²) in [6.45, 7) is 7.39. The number of fused-ring (bicyclic) bond motifs is 5. The number of halogens is 3. The fourth-order valence-electron chi connectivity index (χ4n) is 8.28. The van der Waals surface area contributed by atoms with Gasteiger partial charge < -0.3 is 8.92 Å². The Morgan fingerprint density at radius 3 is 2.53 bits per heavy atom. The molecule has 204 valence electrons. The number of Topliss-reactive ketones (excluding diaryl/α,β-unsaturated/α-hetero) is 1. The van der Waals surface area contributed by atoms with Crippen LogP contribution in [0.5, 0.6) is 5.75 Å². The predicted octanol–water partition coefficient (Wildman–Crippen LogP) is 6.53. The first kappa shape index (κ1) is 25.9. The fourth-order valence-corrected chi connectivity index (χ4v) is 8.74. The van der Waals surface area contributed by atoms with E-state index in [2.05, 4.69) is 23.8 Å². The summed E-state index contributed by atoms with van der Waals surface area (Å²) in [5.74, 6) is 0.514. The second-order valence-electron chi connectivity index (χ2n) is 11.6. The van der Waals surface area contributed by atoms with Gasteiger partial charge in [-0.15, -0.1) is 0 Å². The number of ether oxygens (including phenoxy) is 1. The van der Waals surface area contributed by atoms with Gasteiger partial charge in [-0.2, -0.15) is 21.6 Å². The van der Waals surface area contributed by atoms with Crippen LogP contribution in [0.4, 0.5) is 13.2 Å². The van der Waals surface area contributed by atoms with E-state index in [1.165, 1.54) is 23.3 Å². The summed E-state index contributed by atoms with van der Waals surface area (Å²) in [4.78, 5) is 12.3. The van der Waals surface area contributed by atoms with Gasteiger partial charge in [0, 0.05) is 24.2 Å². The SMILES string of the molecule is C=C1CCO[C@]12CC[C@H]1[C@@H]3CC=C4CC(=O)CCC4=C3[C@@H](c3ccc(OS(=O)(=O)C(F)(F)F)cc3)C[C@@]12C. The molecule has 0 amide bonds. The highest BCUT2D eigenvalue weighted by molar-refractivity contribution is 7.88. The molecule has 38 heavy (non-hydrogen) atoms. The second kappa shape index (κ2) is 8.55. The summed E-state index contributed by atoms with van der Waals surface area (Å²) in [6, 6.07) is 5.95. The Balaban J connectivity index is 1.42. The Bertz CT molecular complexity index is 1370. The lowest BCUT2D eigenvalue weighted by molar-refractivity contribution is -0.118. The molecule has 0 aromatic heterocycles. The van der Waals surface area contributed by atoms with E-state index in [1.807, 2.05) is 0 Å². The van der Waals surface area contributed by atoms with Crippen LogP contribution in [0.1, 0.15) is 69.8 Å². The minimum absolute atomic E-state index is 0.0339. The maximum atomic E-state index is 12.8. The van der Waals surface area contributed by atoms with Crippen molar-refractivity contribution in [2.75, 3.05) is 6.61 Å². The molecule has 1 heterocycles. The molecule has 5 nitrogen and oxygen atoms in total. The Morgan fingerprint density at radius 2 is 1.87 bits per heavy atom. The number of carbonyl (C=O) groups excluding carboxylic acids is 1. The monoisotopic (exact) mass is 548 g/mol. The van der Waals surface area contributed by atoms with Crippen LogP contribution in [0.2, 0.25) is 0 Å². The van der Waals surface area contributed by atoms with Crippen LogP contribution in [0.15, 0.2) is 59.2 Å². The van der Waals surface area contributed by atoms with Gasteiger partial charge in [-0.1, -0.05) is 37.3 Å². The average Bonchev–Trinajstić information content (AvgIpc) is 3.38. The lowest BCUT2D eigenvalue weighted by atomic mass is 9.51. The van der Waals surface area contributed by atoms with Gasteiger partial charge >= 0.3 is 15.6 Å². The number of rotatable bonds is 3. The first-order valence-electron chi connectivity index (χ1n) is 13.2. The highest BCUT2D eigenvalue weighted by Crippen LogP contribution is 2.69. The molecule has 1 spiro atoms. The number of allylic oxidation sites excluding steroid dienone is 4. The minimum atomic E-state index is -5.75. The maximum Gasteiger partial charge on any atom is 0.534 e. The number of carbonyl (C=O) groups is 1. The molecule has 5 atom stereocenters. The van der Waals surface area contributed by atoms with Crippen LogP contribution < -0.4 is 4.18 Å². The van der Waals surface area contributed by atoms with Gasteiger partial charge in [0.05, 0.1) is 12.2 Å². The van der Waals surface area contributed by atoms with Gasteiger partial charge in [0.15, 0.2) is 0 Å². The lowest BCUT2D eigenvalue weighted by Crippen LogP contribution is -2.51. The van der Waals surface area contributed by atoms with Gasteiger partial charge in [0.2, 0.25) is 0 Å². The molecule has 4 fully saturated rings. The van der Waals surface area contributed by atoms with Crippen molar-refractivity contribution >= 4 is 15.9 Å². The van der Waals surface area contributed by atoms with Crippen LogP contribution >= 0.6 is 0 Å². The van der Waals surface area contributed by atoms with Crippen LogP contribution in [0, 0.1) is 17.3 Å². The minimum Gasteiger partial charge on any atom is -0.376 e. The Kier molecular flexibility index (Phi) is 5.82. The summed E-state index contributed by atoms with van der Waals surface area (Å²) in [5, 5.41) is 0. The molecule has 3 saturated carbocycles. The third-order valence-corrected chi connectivity index (χ3v) is 10.9. The van der Waals surface area contributed by atoms with E-state index in [-0.39, 0.29) is 34.4 Å².